The number of rotatable bonds is 7. The molecule has 2 aromatic carbocycles. The van der Waals surface area contributed by atoms with Gasteiger partial charge in [0.25, 0.3) is 5.91 Å². The third-order valence-corrected chi connectivity index (χ3v) is 5.32. The van der Waals surface area contributed by atoms with Gasteiger partial charge in [-0.05, 0) is 50.6 Å². The van der Waals surface area contributed by atoms with Gasteiger partial charge in [-0.2, -0.15) is 10.1 Å². The first-order chi connectivity index (χ1) is 15.9. The molecule has 0 fully saturated rings. The largest absolute Gasteiger partial charge is 0.497 e. The molecule has 4 rings (SSSR count). The van der Waals surface area contributed by atoms with Gasteiger partial charge in [0.15, 0.2) is 11.8 Å². The van der Waals surface area contributed by atoms with Crippen LogP contribution in [0.3, 0.4) is 0 Å². The maximum atomic E-state index is 12.8. The summed E-state index contributed by atoms with van der Waals surface area (Å²) >= 11 is 0. The fourth-order valence-corrected chi connectivity index (χ4v) is 3.66. The highest BCUT2D eigenvalue weighted by Crippen LogP contribution is 2.30. The molecule has 0 aliphatic carbocycles. The number of methoxy groups -OCH3 is 2. The Balaban J connectivity index is 1.61. The Hall–Kier alpha value is -4.07. The number of benzene rings is 2. The number of fused-ring (bicyclic) bond motifs is 1. The topological polar surface area (TPSA) is 87.5 Å². The summed E-state index contributed by atoms with van der Waals surface area (Å²) in [4.78, 5) is 17.5. The number of hydrogen-bond donors (Lipinski definition) is 1. The fraction of sp³-hybridized carbons (Fsp3) is 0.240. The Morgan fingerprint density at radius 1 is 1.03 bits per heavy atom. The second kappa shape index (κ2) is 9.20. The number of aromatic nitrogens is 3. The molecule has 0 saturated heterocycles. The number of hydrogen-bond acceptors (Lipinski definition) is 6. The van der Waals surface area contributed by atoms with Crippen LogP contribution in [0.5, 0.6) is 17.4 Å². The maximum absolute atomic E-state index is 12.8. The van der Waals surface area contributed by atoms with Crippen molar-refractivity contribution in [1.29, 1.82) is 0 Å². The van der Waals surface area contributed by atoms with E-state index < -0.39 is 6.10 Å². The lowest BCUT2D eigenvalue weighted by molar-refractivity contribution is -0.122. The zero-order chi connectivity index (χ0) is 23.5. The van der Waals surface area contributed by atoms with Gasteiger partial charge in [0.2, 0.25) is 5.88 Å². The summed E-state index contributed by atoms with van der Waals surface area (Å²) in [6, 6.07) is 16.8. The first-order valence-electron chi connectivity index (χ1n) is 10.5. The van der Waals surface area contributed by atoms with Crippen LogP contribution in [0.25, 0.3) is 16.7 Å². The van der Waals surface area contributed by atoms with Crippen molar-refractivity contribution in [3.05, 3.63) is 65.9 Å². The second-order valence-electron chi connectivity index (χ2n) is 7.62. The van der Waals surface area contributed by atoms with Gasteiger partial charge in [-0.15, -0.1) is 0 Å². The van der Waals surface area contributed by atoms with E-state index in [9.17, 15) is 4.79 Å². The van der Waals surface area contributed by atoms with E-state index in [1.54, 1.807) is 36.9 Å². The molecule has 0 aliphatic heterocycles. The van der Waals surface area contributed by atoms with Crippen LogP contribution in [0.2, 0.25) is 0 Å². The minimum Gasteiger partial charge on any atom is -0.497 e. The van der Waals surface area contributed by atoms with Gasteiger partial charge in [0, 0.05) is 17.5 Å². The molecule has 1 amide bonds. The minimum atomic E-state index is -0.806. The maximum Gasteiger partial charge on any atom is 0.265 e. The van der Waals surface area contributed by atoms with E-state index in [1.165, 1.54) is 7.11 Å². The Bertz CT molecular complexity index is 1300. The third-order valence-electron chi connectivity index (χ3n) is 5.32. The smallest absolute Gasteiger partial charge is 0.265 e. The van der Waals surface area contributed by atoms with Crippen LogP contribution in [-0.2, 0) is 4.79 Å². The first-order valence-corrected chi connectivity index (χ1v) is 10.5. The van der Waals surface area contributed by atoms with Crippen molar-refractivity contribution < 1.29 is 19.0 Å². The molecule has 0 radical (unpaired) electrons. The van der Waals surface area contributed by atoms with Gasteiger partial charge in [-0.1, -0.05) is 18.2 Å². The predicted molar refractivity (Wildman–Crippen MR) is 127 cm³/mol. The SMILES string of the molecule is COc1ccc(OC)c(NC(=O)C(C)Oc2cc(C)c3c(C)nn(-c4ccccc4)c3n2)c1. The number of anilines is 1. The van der Waals surface area contributed by atoms with Gasteiger partial charge in [0.1, 0.15) is 11.5 Å². The highest BCUT2D eigenvalue weighted by Gasteiger charge is 2.20. The number of carbonyl (C=O) groups excluding carboxylic acids is 1. The van der Waals surface area contributed by atoms with Crippen LogP contribution in [0.1, 0.15) is 18.2 Å². The van der Waals surface area contributed by atoms with E-state index in [1.807, 2.05) is 50.2 Å². The zero-order valence-corrected chi connectivity index (χ0v) is 19.2. The van der Waals surface area contributed by atoms with Gasteiger partial charge in [-0.3, -0.25) is 4.79 Å². The van der Waals surface area contributed by atoms with Crippen molar-refractivity contribution in [2.45, 2.75) is 26.9 Å². The second-order valence-corrected chi connectivity index (χ2v) is 7.62. The Morgan fingerprint density at radius 2 is 1.79 bits per heavy atom. The van der Waals surface area contributed by atoms with Gasteiger partial charge in [0.05, 0.1) is 31.3 Å². The molecule has 1 N–H and O–H groups in total. The molecular weight excluding hydrogens is 420 g/mol. The van der Waals surface area contributed by atoms with Crippen molar-refractivity contribution in [1.82, 2.24) is 14.8 Å². The van der Waals surface area contributed by atoms with Crippen LogP contribution < -0.4 is 19.5 Å². The third kappa shape index (κ3) is 4.45. The van der Waals surface area contributed by atoms with Crippen molar-refractivity contribution in [3.63, 3.8) is 0 Å². The molecule has 1 atom stereocenters. The molecule has 170 valence electrons. The van der Waals surface area contributed by atoms with E-state index in [2.05, 4.69) is 15.4 Å². The minimum absolute atomic E-state index is 0.339. The molecule has 33 heavy (non-hydrogen) atoms. The molecule has 0 bridgehead atoms. The van der Waals surface area contributed by atoms with Crippen LogP contribution in [-0.4, -0.2) is 41.0 Å². The van der Waals surface area contributed by atoms with Crippen molar-refractivity contribution in [2.24, 2.45) is 0 Å². The molecule has 2 heterocycles. The van der Waals surface area contributed by atoms with E-state index in [0.29, 0.717) is 28.7 Å². The molecule has 0 spiro atoms. The van der Waals surface area contributed by atoms with Gasteiger partial charge < -0.3 is 19.5 Å². The summed E-state index contributed by atoms with van der Waals surface area (Å²) in [5.41, 5.74) is 3.92. The summed E-state index contributed by atoms with van der Waals surface area (Å²) in [6.07, 6.45) is -0.806. The lowest BCUT2D eigenvalue weighted by atomic mass is 10.1. The highest BCUT2D eigenvalue weighted by atomic mass is 16.5. The normalized spacial score (nSPS) is 11.8. The van der Waals surface area contributed by atoms with Crippen LogP contribution >= 0.6 is 0 Å². The van der Waals surface area contributed by atoms with E-state index in [4.69, 9.17) is 14.2 Å². The number of nitrogens with zero attached hydrogens (tertiary/aromatic N) is 3. The quantitative estimate of drug-likeness (QED) is 0.451. The standard InChI is InChI=1S/C25H26N4O4/c1-15-13-22(27-24-23(15)16(2)28-29(24)18-9-7-6-8-10-18)33-17(3)25(30)26-20-14-19(31-4)11-12-21(20)32-5/h6-14,17H,1-5H3,(H,26,30). The summed E-state index contributed by atoms with van der Waals surface area (Å²) in [5, 5.41) is 8.46. The number of carbonyl (C=O) groups is 1. The molecule has 0 aliphatic rings. The van der Waals surface area contributed by atoms with Crippen molar-refractivity contribution >= 4 is 22.6 Å². The fourth-order valence-electron chi connectivity index (χ4n) is 3.66. The average molecular weight is 447 g/mol. The van der Waals surface area contributed by atoms with E-state index in [-0.39, 0.29) is 5.91 Å². The molecule has 2 aromatic heterocycles. The van der Waals surface area contributed by atoms with Gasteiger partial charge in [-0.25, -0.2) is 4.68 Å². The lowest BCUT2D eigenvalue weighted by Crippen LogP contribution is -2.30. The number of aryl methyl sites for hydroxylation is 2. The lowest BCUT2D eigenvalue weighted by Gasteiger charge is -2.16. The van der Waals surface area contributed by atoms with E-state index >= 15 is 0 Å². The first kappa shape index (κ1) is 22.1. The zero-order valence-electron chi connectivity index (χ0n) is 19.2. The van der Waals surface area contributed by atoms with Crippen molar-refractivity contribution in [2.75, 3.05) is 19.5 Å². The molecule has 1 unspecified atom stereocenters. The average Bonchev–Trinajstić information content (AvgIpc) is 3.16. The monoisotopic (exact) mass is 446 g/mol. The summed E-state index contributed by atoms with van der Waals surface area (Å²) in [7, 11) is 3.10. The van der Waals surface area contributed by atoms with Crippen LogP contribution in [0.4, 0.5) is 5.69 Å². The number of amides is 1. The summed E-state index contributed by atoms with van der Waals surface area (Å²) in [6.45, 7) is 5.60. The molecule has 4 aromatic rings. The van der Waals surface area contributed by atoms with Crippen LogP contribution in [0, 0.1) is 13.8 Å². The Kier molecular flexibility index (Phi) is 6.17. The number of nitrogens with one attached hydrogen (secondary N) is 1. The summed E-state index contributed by atoms with van der Waals surface area (Å²) in [5.74, 6) is 1.13. The Labute approximate surface area is 192 Å². The van der Waals surface area contributed by atoms with E-state index in [0.717, 1.165) is 22.3 Å². The number of ether oxygens (including phenoxy) is 3. The molecular formula is C25H26N4O4. The highest BCUT2D eigenvalue weighted by molar-refractivity contribution is 5.95. The number of para-hydroxylation sites is 1. The predicted octanol–water partition coefficient (Wildman–Crippen LogP) is 4.46. The summed E-state index contributed by atoms with van der Waals surface area (Å²) < 4.78 is 18.3. The molecule has 8 heteroatoms. The molecule has 0 saturated carbocycles. The number of pyridine rings is 1. The van der Waals surface area contributed by atoms with Gasteiger partial charge >= 0.3 is 0 Å². The Morgan fingerprint density at radius 3 is 2.48 bits per heavy atom. The van der Waals surface area contributed by atoms with Crippen molar-refractivity contribution in [3.8, 4) is 23.1 Å². The molecule has 8 nitrogen and oxygen atoms in total. The van der Waals surface area contributed by atoms with Crippen LogP contribution in [0.15, 0.2) is 54.6 Å².